The first kappa shape index (κ1) is 15.9. The number of benzene rings is 1. The molecule has 0 radical (unpaired) electrons. The molecule has 1 aromatic rings. The third-order valence-corrected chi connectivity index (χ3v) is 3.66. The Labute approximate surface area is 130 Å². The van der Waals surface area contributed by atoms with Gasteiger partial charge in [0.2, 0.25) is 0 Å². The largest absolute Gasteiger partial charge is 0.478 e. The number of rotatable bonds is 3. The topological polar surface area (TPSA) is 49.8 Å². The van der Waals surface area contributed by atoms with Gasteiger partial charge in [0, 0.05) is 35.4 Å². The van der Waals surface area contributed by atoms with E-state index in [1.807, 2.05) is 32.9 Å². The Morgan fingerprint density at radius 3 is 2.86 bits per heavy atom. The van der Waals surface area contributed by atoms with Gasteiger partial charge >= 0.3 is 5.97 Å². The summed E-state index contributed by atoms with van der Waals surface area (Å²) in [5.74, 6) is -0.989. The van der Waals surface area contributed by atoms with Crippen molar-refractivity contribution in [2.75, 3.05) is 18.0 Å². The molecule has 0 aromatic heterocycles. The third-order valence-electron chi connectivity index (χ3n) is 3.33. The SMILES string of the molecule is CC1CN(c2cccc(Cl)c2C=CC(=O)O)CC(C)(C)O1. The van der Waals surface area contributed by atoms with Crippen LogP contribution in [0.1, 0.15) is 26.3 Å². The normalized spacial score (nSPS) is 21.7. The molecular weight excluding hydrogens is 290 g/mol. The molecule has 1 saturated heterocycles. The summed E-state index contributed by atoms with van der Waals surface area (Å²) in [6, 6.07) is 5.60. The lowest BCUT2D eigenvalue weighted by molar-refractivity contribution is -0.131. The molecule has 1 unspecified atom stereocenters. The van der Waals surface area contributed by atoms with Crippen molar-refractivity contribution in [3.8, 4) is 0 Å². The van der Waals surface area contributed by atoms with E-state index in [4.69, 9.17) is 21.4 Å². The predicted molar refractivity (Wildman–Crippen MR) is 85.0 cm³/mol. The molecule has 0 saturated carbocycles. The maximum Gasteiger partial charge on any atom is 0.328 e. The lowest BCUT2D eigenvalue weighted by Crippen LogP contribution is -2.52. The monoisotopic (exact) mass is 309 g/mol. The highest BCUT2D eigenvalue weighted by Gasteiger charge is 2.32. The number of hydrogen-bond donors (Lipinski definition) is 1. The van der Waals surface area contributed by atoms with Gasteiger partial charge in [0.1, 0.15) is 0 Å². The van der Waals surface area contributed by atoms with Crippen LogP contribution in [0.2, 0.25) is 5.02 Å². The second kappa shape index (κ2) is 6.08. The van der Waals surface area contributed by atoms with Gasteiger partial charge < -0.3 is 14.7 Å². The lowest BCUT2D eigenvalue weighted by atomic mass is 10.0. The summed E-state index contributed by atoms with van der Waals surface area (Å²) in [4.78, 5) is 13.0. The maximum atomic E-state index is 10.8. The van der Waals surface area contributed by atoms with E-state index in [2.05, 4.69) is 4.90 Å². The Morgan fingerprint density at radius 2 is 2.24 bits per heavy atom. The van der Waals surface area contributed by atoms with Crippen molar-refractivity contribution < 1.29 is 14.6 Å². The molecule has 0 spiro atoms. The van der Waals surface area contributed by atoms with E-state index in [0.717, 1.165) is 30.4 Å². The molecule has 1 heterocycles. The second-order valence-corrected chi connectivity index (χ2v) is 6.32. The first-order valence-corrected chi connectivity index (χ1v) is 7.28. The van der Waals surface area contributed by atoms with Crippen LogP contribution in [0.4, 0.5) is 5.69 Å². The molecular formula is C16H20ClNO3. The standard InChI is InChI=1S/C16H20ClNO3/c1-11-9-18(10-16(2,3)21-11)14-6-4-5-13(17)12(14)7-8-15(19)20/h4-8,11H,9-10H2,1-3H3,(H,19,20). The number of aliphatic carboxylic acids is 1. The van der Waals surface area contributed by atoms with Gasteiger partial charge in [-0.1, -0.05) is 17.7 Å². The van der Waals surface area contributed by atoms with E-state index in [1.54, 1.807) is 12.1 Å². The molecule has 1 fully saturated rings. The zero-order chi connectivity index (χ0) is 15.6. The Bertz CT molecular complexity index is 569. The van der Waals surface area contributed by atoms with Gasteiger partial charge in [-0.2, -0.15) is 0 Å². The Morgan fingerprint density at radius 1 is 1.52 bits per heavy atom. The minimum Gasteiger partial charge on any atom is -0.478 e. The summed E-state index contributed by atoms with van der Waals surface area (Å²) >= 11 is 6.24. The quantitative estimate of drug-likeness (QED) is 0.869. The van der Waals surface area contributed by atoms with Gasteiger partial charge in [-0.05, 0) is 39.0 Å². The summed E-state index contributed by atoms with van der Waals surface area (Å²) < 4.78 is 5.91. The first-order valence-electron chi connectivity index (χ1n) is 6.91. The highest BCUT2D eigenvalue weighted by Crippen LogP contribution is 2.33. The van der Waals surface area contributed by atoms with E-state index >= 15 is 0 Å². The molecule has 1 aliphatic rings. The highest BCUT2D eigenvalue weighted by atomic mass is 35.5. The minimum absolute atomic E-state index is 0.101. The van der Waals surface area contributed by atoms with Crippen molar-refractivity contribution in [1.29, 1.82) is 0 Å². The van der Waals surface area contributed by atoms with Crippen LogP contribution in [-0.4, -0.2) is 35.9 Å². The number of nitrogens with zero attached hydrogens (tertiary/aromatic N) is 1. The van der Waals surface area contributed by atoms with Crippen molar-refractivity contribution in [2.24, 2.45) is 0 Å². The van der Waals surface area contributed by atoms with Gasteiger partial charge in [-0.15, -0.1) is 0 Å². The van der Waals surface area contributed by atoms with Crippen LogP contribution < -0.4 is 4.90 Å². The third kappa shape index (κ3) is 3.99. The fourth-order valence-electron chi connectivity index (χ4n) is 2.76. The van der Waals surface area contributed by atoms with E-state index < -0.39 is 5.97 Å². The number of carboxylic acids is 1. The van der Waals surface area contributed by atoms with Gasteiger partial charge in [0.05, 0.1) is 11.7 Å². The van der Waals surface area contributed by atoms with E-state index in [9.17, 15) is 4.79 Å². The van der Waals surface area contributed by atoms with Crippen molar-refractivity contribution in [3.05, 3.63) is 34.9 Å². The first-order chi connectivity index (χ1) is 9.78. The van der Waals surface area contributed by atoms with Gasteiger partial charge in [0.25, 0.3) is 0 Å². The highest BCUT2D eigenvalue weighted by molar-refractivity contribution is 6.32. The van der Waals surface area contributed by atoms with E-state index in [-0.39, 0.29) is 11.7 Å². The molecule has 1 atom stereocenters. The molecule has 5 heteroatoms. The fraction of sp³-hybridized carbons (Fsp3) is 0.438. The smallest absolute Gasteiger partial charge is 0.328 e. The Hall–Kier alpha value is -1.52. The number of morpholine rings is 1. The number of carboxylic acid groups (broad SMARTS) is 1. The molecule has 1 aliphatic heterocycles. The molecule has 1 N–H and O–H groups in total. The van der Waals surface area contributed by atoms with Crippen LogP contribution in [0.5, 0.6) is 0 Å². The van der Waals surface area contributed by atoms with E-state index in [1.165, 1.54) is 0 Å². The van der Waals surface area contributed by atoms with Crippen LogP contribution >= 0.6 is 11.6 Å². The van der Waals surface area contributed by atoms with Gasteiger partial charge in [-0.3, -0.25) is 0 Å². The van der Waals surface area contributed by atoms with Crippen LogP contribution in [-0.2, 0) is 9.53 Å². The molecule has 0 bridgehead atoms. The molecule has 2 rings (SSSR count). The van der Waals surface area contributed by atoms with Gasteiger partial charge in [0.15, 0.2) is 0 Å². The summed E-state index contributed by atoms with van der Waals surface area (Å²) in [7, 11) is 0. The second-order valence-electron chi connectivity index (χ2n) is 5.91. The van der Waals surface area contributed by atoms with Crippen molar-refractivity contribution in [2.45, 2.75) is 32.5 Å². The zero-order valence-corrected chi connectivity index (χ0v) is 13.2. The van der Waals surface area contributed by atoms with Crippen LogP contribution in [0.3, 0.4) is 0 Å². The van der Waals surface area contributed by atoms with Gasteiger partial charge in [-0.25, -0.2) is 4.79 Å². The number of anilines is 1. The molecule has 0 amide bonds. The Balaban J connectivity index is 2.39. The molecule has 1 aromatic carbocycles. The number of hydrogen-bond acceptors (Lipinski definition) is 3. The maximum absolute atomic E-state index is 10.8. The lowest BCUT2D eigenvalue weighted by Gasteiger charge is -2.43. The van der Waals surface area contributed by atoms with Crippen molar-refractivity contribution in [3.63, 3.8) is 0 Å². The summed E-state index contributed by atoms with van der Waals surface area (Å²) in [5.41, 5.74) is 1.41. The molecule has 0 aliphatic carbocycles. The summed E-state index contributed by atoms with van der Waals surface area (Å²) in [5, 5.41) is 9.37. The van der Waals surface area contributed by atoms with E-state index in [0.29, 0.717) is 5.02 Å². The average Bonchev–Trinajstić information content (AvgIpc) is 2.34. The number of carbonyl (C=O) groups is 1. The predicted octanol–water partition coefficient (Wildman–Crippen LogP) is 3.44. The molecule has 114 valence electrons. The van der Waals surface area contributed by atoms with Crippen molar-refractivity contribution in [1.82, 2.24) is 0 Å². The number of ether oxygens (including phenoxy) is 1. The van der Waals surface area contributed by atoms with Crippen LogP contribution in [0.25, 0.3) is 6.08 Å². The number of halogens is 1. The summed E-state index contributed by atoms with van der Waals surface area (Å²) in [6.07, 6.45) is 2.76. The minimum atomic E-state index is -0.989. The molecule has 4 nitrogen and oxygen atoms in total. The molecule has 21 heavy (non-hydrogen) atoms. The van der Waals surface area contributed by atoms with Crippen LogP contribution in [0.15, 0.2) is 24.3 Å². The Kier molecular flexibility index (Phi) is 4.59. The van der Waals surface area contributed by atoms with Crippen LogP contribution in [0, 0.1) is 0 Å². The zero-order valence-electron chi connectivity index (χ0n) is 12.5. The van der Waals surface area contributed by atoms with Crippen molar-refractivity contribution >= 4 is 29.3 Å². The fourth-order valence-corrected chi connectivity index (χ4v) is 2.99. The average molecular weight is 310 g/mol. The summed E-state index contributed by atoms with van der Waals surface area (Å²) in [6.45, 7) is 7.61.